The average Bonchev–Trinajstić information content (AvgIpc) is 3.15. The fourth-order valence-electron chi connectivity index (χ4n) is 3.24. The molecule has 0 saturated carbocycles. The fourth-order valence-corrected chi connectivity index (χ4v) is 3.42. The van der Waals surface area contributed by atoms with Crippen LogP contribution in [0.5, 0.6) is 0 Å². The van der Waals surface area contributed by atoms with Gasteiger partial charge in [0.2, 0.25) is 5.91 Å². The summed E-state index contributed by atoms with van der Waals surface area (Å²) in [6.07, 6.45) is 5.17. The normalized spacial score (nSPS) is 13.2. The van der Waals surface area contributed by atoms with Crippen molar-refractivity contribution >= 4 is 34.2 Å². The minimum absolute atomic E-state index is 0.0166. The molecular formula is C19H15ClFNO2. The maximum absolute atomic E-state index is 13.2. The van der Waals surface area contributed by atoms with E-state index in [2.05, 4.69) is 17.4 Å². The van der Waals surface area contributed by atoms with Crippen molar-refractivity contribution < 1.29 is 13.6 Å². The third-order valence-electron chi connectivity index (χ3n) is 4.42. The molecule has 5 heteroatoms. The number of benzene rings is 2. The number of aryl methyl sites for hydroxylation is 2. The van der Waals surface area contributed by atoms with Gasteiger partial charge in [0.05, 0.1) is 17.7 Å². The highest BCUT2D eigenvalue weighted by Gasteiger charge is 2.17. The van der Waals surface area contributed by atoms with Gasteiger partial charge in [-0.1, -0.05) is 11.6 Å². The summed E-state index contributed by atoms with van der Waals surface area (Å²) >= 11 is 5.73. The van der Waals surface area contributed by atoms with E-state index in [1.165, 1.54) is 35.7 Å². The first kappa shape index (κ1) is 15.2. The van der Waals surface area contributed by atoms with E-state index in [-0.39, 0.29) is 17.4 Å². The molecule has 1 N–H and O–H groups in total. The van der Waals surface area contributed by atoms with Crippen LogP contribution in [0.2, 0.25) is 5.02 Å². The topological polar surface area (TPSA) is 42.2 Å². The zero-order chi connectivity index (χ0) is 16.7. The van der Waals surface area contributed by atoms with Crippen molar-refractivity contribution in [2.45, 2.75) is 25.7 Å². The van der Waals surface area contributed by atoms with E-state index in [0.717, 1.165) is 29.4 Å². The average molecular weight is 344 g/mol. The van der Waals surface area contributed by atoms with Crippen molar-refractivity contribution in [2.75, 3.05) is 5.32 Å². The second-order valence-corrected chi connectivity index (χ2v) is 6.49. The monoisotopic (exact) mass is 343 g/mol. The number of amides is 1. The summed E-state index contributed by atoms with van der Waals surface area (Å²) in [6, 6.07) is 8.33. The molecule has 3 aromatic rings. The first-order valence-electron chi connectivity index (χ1n) is 7.87. The molecule has 0 atom stereocenters. The number of halogens is 2. The molecule has 0 radical (unpaired) electrons. The molecule has 0 bridgehead atoms. The van der Waals surface area contributed by atoms with Crippen molar-refractivity contribution in [3.05, 3.63) is 64.1 Å². The molecule has 0 fully saturated rings. The molecule has 1 aliphatic carbocycles. The molecule has 4 rings (SSSR count). The molecule has 3 nitrogen and oxygen atoms in total. The Morgan fingerprint density at radius 1 is 1.21 bits per heavy atom. The van der Waals surface area contributed by atoms with Crippen LogP contribution in [-0.4, -0.2) is 5.91 Å². The second kappa shape index (κ2) is 5.95. The molecule has 1 heterocycles. The summed E-state index contributed by atoms with van der Waals surface area (Å²) < 4.78 is 18.8. The van der Waals surface area contributed by atoms with Crippen molar-refractivity contribution in [2.24, 2.45) is 0 Å². The van der Waals surface area contributed by atoms with Crippen LogP contribution < -0.4 is 5.32 Å². The largest absolute Gasteiger partial charge is 0.464 e. The Bertz CT molecular complexity index is 948. The smallest absolute Gasteiger partial charge is 0.228 e. The fraction of sp³-hybridized carbons (Fsp3) is 0.211. The summed E-state index contributed by atoms with van der Waals surface area (Å²) in [5.41, 5.74) is 4.83. The lowest BCUT2D eigenvalue weighted by molar-refractivity contribution is -0.115. The lowest BCUT2D eigenvalue weighted by atomic mass is 10.0. The Balaban J connectivity index is 1.55. The predicted molar refractivity (Wildman–Crippen MR) is 92.0 cm³/mol. The molecule has 0 aliphatic heterocycles. The van der Waals surface area contributed by atoms with E-state index in [1.54, 1.807) is 6.26 Å². The second-order valence-electron chi connectivity index (χ2n) is 6.09. The van der Waals surface area contributed by atoms with Gasteiger partial charge in [-0.05, 0) is 60.7 Å². The highest BCUT2D eigenvalue weighted by atomic mass is 35.5. The van der Waals surface area contributed by atoms with E-state index in [1.807, 2.05) is 0 Å². The van der Waals surface area contributed by atoms with Gasteiger partial charge in [0.1, 0.15) is 11.4 Å². The predicted octanol–water partition coefficient (Wildman–Crippen LogP) is 4.90. The standard InChI is InChI=1S/C19H15ClFNO2/c20-16-9-14(4-5-17(16)21)22-19(23)8-13-10-24-18-7-12-3-1-2-11(12)6-15(13)18/h4-7,9-10H,1-3,8H2,(H,22,23). The van der Waals surface area contributed by atoms with E-state index < -0.39 is 5.82 Å². The van der Waals surface area contributed by atoms with Crippen molar-refractivity contribution in [3.8, 4) is 0 Å². The Labute approximate surface area is 143 Å². The highest BCUT2D eigenvalue weighted by Crippen LogP contribution is 2.30. The molecule has 0 unspecified atom stereocenters. The Kier molecular flexibility index (Phi) is 3.77. The molecule has 24 heavy (non-hydrogen) atoms. The number of rotatable bonds is 3. The van der Waals surface area contributed by atoms with Crippen molar-refractivity contribution in [3.63, 3.8) is 0 Å². The van der Waals surface area contributed by atoms with Gasteiger partial charge in [-0.25, -0.2) is 4.39 Å². The third kappa shape index (κ3) is 2.78. The molecule has 1 aromatic heterocycles. The zero-order valence-corrected chi connectivity index (χ0v) is 13.6. The number of fused-ring (bicyclic) bond motifs is 2. The first-order valence-corrected chi connectivity index (χ1v) is 8.25. The molecule has 1 amide bonds. The molecule has 0 spiro atoms. The third-order valence-corrected chi connectivity index (χ3v) is 4.71. The summed E-state index contributed by atoms with van der Waals surface area (Å²) in [6.45, 7) is 0. The van der Waals surface area contributed by atoms with E-state index in [0.29, 0.717) is 5.69 Å². The van der Waals surface area contributed by atoms with Crippen LogP contribution in [0, 0.1) is 5.82 Å². The maximum atomic E-state index is 13.2. The molecule has 1 aliphatic rings. The zero-order valence-electron chi connectivity index (χ0n) is 12.9. The molecule has 122 valence electrons. The maximum Gasteiger partial charge on any atom is 0.228 e. The number of hydrogen-bond acceptors (Lipinski definition) is 2. The summed E-state index contributed by atoms with van der Waals surface area (Å²) in [4.78, 5) is 12.3. The lowest BCUT2D eigenvalue weighted by Crippen LogP contribution is -2.14. The minimum Gasteiger partial charge on any atom is -0.464 e. The Morgan fingerprint density at radius 2 is 2.00 bits per heavy atom. The van der Waals surface area contributed by atoms with E-state index in [9.17, 15) is 9.18 Å². The Hall–Kier alpha value is -2.33. The van der Waals surface area contributed by atoms with Crippen LogP contribution >= 0.6 is 11.6 Å². The van der Waals surface area contributed by atoms with Gasteiger partial charge < -0.3 is 9.73 Å². The number of carbonyl (C=O) groups excluding carboxylic acids is 1. The minimum atomic E-state index is -0.510. The van der Waals surface area contributed by atoms with Crippen molar-refractivity contribution in [1.29, 1.82) is 0 Å². The Morgan fingerprint density at radius 3 is 2.79 bits per heavy atom. The van der Waals surface area contributed by atoms with Crippen molar-refractivity contribution in [1.82, 2.24) is 0 Å². The first-order chi connectivity index (χ1) is 11.6. The molecule has 2 aromatic carbocycles. The molecular weight excluding hydrogens is 329 g/mol. The van der Waals surface area contributed by atoms with Gasteiger partial charge in [-0.15, -0.1) is 0 Å². The van der Waals surface area contributed by atoms with Crippen LogP contribution in [0.25, 0.3) is 11.0 Å². The summed E-state index contributed by atoms with van der Waals surface area (Å²) in [5.74, 6) is -0.703. The van der Waals surface area contributed by atoms with Gasteiger partial charge in [0, 0.05) is 16.6 Å². The number of furan rings is 1. The quantitative estimate of drug-likeness (QED) is 0.735. The van der Waals surface area contributed by atoms with Crippen LogP contribution in [0.1, 0.15) is 23.1 Å². The van der Waals surface area contributed by atoms with Gasteiger partial charge in [-0.2, -0.15) is 0 Å². The van der Waals surface area contributed by atoms with Crippen LogP contribution in [-0.2, 0) is 24.1 Å². The van der Waals surface area contributed by atoms with Gasteiger partial charge in [0.25, 0.3) is 0 Å². The highest BCUT2D eigenvalue weighted by molar-refractivity contribution is 6.31. The van der Waals surface area contributed by atoms with E-state index >= 15 is 0 Å². The molecule has 0 saturated heterocycles. The number of anilines is 1. The number of carbonyl (C=O) groups is 1. The van der Waals surface area contributed by atoms with Crippen LogP contribution in [0.4, 0.5) is 10.1 Å². The van der Waals surface area contributed by atoms with Gasteiger partial charge in [-0.3, -0.25) is 4.79 Å². The lowest BCUT2D eigenvalue weighted by Gasteiger charge is -2.06. The van der Waals surface area contributed by atoms with E-state index in [4.69, 9.17) is 16.0 Å². The SMILES string of the molecule is O=C(Cc1coc2cc3c(cc12)CCC3)Nc1ccc(F)c(Cl)c1. The summed E-state index contributed by atoms with van der Waals surface area (Å²) in [5, 5.41) is 3.71. The summed E-state index contributed by atoms with van der Waals surface area (Å²) in [7, 11) is 0. The number of nitrogens with one attached hydrogen (secondary N) is 1. The number of hydrogen-bond donors (Lipinski definition) is 1. The van der Waals surface area contributed by atoms with Crippen LogP contribution in [0.3, 0.4) is 0 Å². The van der Waals surface area contributed by atoms with Gasteiger partial charge >= 0.3 is 0 Å². The van der Waals surface area contributed by atoms with Crippen LogP contribution in [0.15, 0.2) is 41.0 Å². The van der Waals surface area contributed by atoms with Gasteiger partial charge in [0.15, 0.2) is 0 Å².